The van der Waals surface area contributed by atoms with Crippen molar-refractivity contribution < 1.29 is 19.0 Å². The van der Waals surface area contributed by atoms with Gasteiger partial charge in [-0.1, -0.05) is 29.3 Å². The average Bonchev–Trinajstić information content (AvgIpc) is 2.55. The first-order valence-corrected chi connectivity index (χ1v) is 7.39. The molecule has 0 bridgehead atoms. The van der Waals surface area contributed by atoms with E-state index >= 15 is 0 Å². The number of benzene rings is 2. The molecule has 1 N–H and O–H groups in total. The molecule has 2 rings (SSSR count). The van der Waals surface area contributed by atoms with Crippen LogP contribution in [0.25, 0.3) is 0 Å². The van der Waals surface area contributed by atoms with Crippen molar-refractivity contribution in [3.05, 3.63) is 46.4 Å². The van der Waals surface area contributed by atoms with Gasteiger partial charge in [-0.3, -0.25) is 4.79 Å². The van der Waals surface area contributed by atoms with Crippen LogP contribution in [0, 0.1) is 0 Å². The molecule has 0 unspecified atom stereocenters. The van der Waals surface area contributed by atoms with Crippen molar-refractivity contribution in [2.45, 2.75) is 0 Å². The number of amides is 1. The Morgan fingerprint density at radius 3 is 2.35 bits per heavy atom. The standard InChI is InChI=1S/C16H15Cl2NO4/c1-21-11-6-10(7-12(8-11)22-2)19-15(20)9-23-14-5-3-4-13(17)16(14)18/h3-8H,9H2,1-2H3,(H,19,20). The summed E-state index contributed by atoms with van der Waals surface area (Å²) in [6, 6.07) is 10.0. The minimum absolute atomic E-state index is 0.209. The van der Waals surface area contributed by atoms with E-state index in [1.165, 1.54) is 14.2 Å². The molecule has 0 heterocycles. The molecule has 0 aliphatic heterocycles. The summed E-state index contributed by atoms with van der Waals surface area (Å²) in [6.45, 7) is -0.209. The van der Waals surface area contributed by atoms with E-state index in [1.807, 2.05) is 0 Å². The highest BCUT2D eigenvalue weighted by Crippen LogP contribution is 2.31. The van der Waals surface area contributed by atoms with Gasteiger partial charge in [0, 0.05) is 23.9 Å². The Hall–Kier alpha value is -2.11. The number of ether oxygens (including phenoxy) is 3. The maximum atomic E-state index is 12.0. The topological polar surface area (TPSA) is 56.8 Å². The van der Waals surface area contributed by atoms with Crippen LogP contribution in [0.3, 0.4) is 0 Å². The summed E-state index contributed by atoms with van der Waals surface area (Å²) < 4.78 is 15.7. The Morgan fingerprint density at radius 2 is 1.74 bits per heavy atom. The zero-order chi connectivity index (χ0) is 16.8. The second-order valence-electron chi connectivity index (χ2n) is 4.49. The molecule has 2 aromatic rings. The molecule has 0 saturated carbocycles. The monoisotopic (exact) mass is 355 g/mol. The van der Waals surface area contributed by atoms with Crippen molar-refractivity contribution in [2.75, 3.05) is 26.1 Å². The molecule has 1 amide bonds. The molecule has 2 aromatic carbocycles. The number of anilines is 1. The maximum absolute atomic E-state index is 12.0. The molecule has 5 nitrogen and oxygen atoms in total. The van der Waals surface area contributed by atoms with Crippen LogP contribution in [-0.2, 0) is 4.79 Å². The first-order chi connectivity index (χ1) is 11.0. The van der Waals surface area contributed by atoms with E-state index in [0.717, 1.165) is 0 Å². The van der Waals surface area contributed by atoms with Gasteiger partial charge in [0.05, 0.1) is 19.2 Å². The van der Waals surface area contributed by atoms with Gasteiger partial charge in [0.15, 0.2) is 6.61 Å². The molecule has 0 aliphatic carbocycles. The highest BCUT2D eigenvalue weighted by Gasteiger charge is 2.10. The number of methoxy groups -OCH3 is 2. The van der Waals surface area contributed by atoms with E-state index in [0.29, 0.717) is 28.0 Å². The summed E-state index contributed by atoms with van der Waals surface area (Å²) in [5.74, 6) is 1.13. The van der Waals surface area contributed by atoms with E-state index in [-0.39, 0.29) is 17.5 Å². The van der Waals surface area contributed by atoms with Crippen molar-refractivity contribution in [1.29, 1.82) is 0 Å². The Bertz CT molecular complexity index is 684. The van der Waals surface area contributed by atoms with Gasteiger partial charge < -0.3 is 19.5 Å². The highest BCUT2D eigenvalue weighted by molar-refractivity contribution is 6.42. The van der Waals surface area contributed by atoms with Gasteiger partial charge in [-0.25, -0.2) is 0 Å². The molecule has 0 atom stereocenters. The summed E-state index contributed by atoms with van der Waals surface area (Å²) in [5, 5.41) is 3.33. The third kappa shape index (κ3) is 4.68. The molecule has 0 saturated heterocycles. The summed E-state index contributed by atoms with van der Waals surface area (Å²) in [5.41, 5.74) is 0.534. The zero-order valence-electron chi connectivity index (χ0n) is 12.6. The van der Waals surface area contributed by atoms with Crippen molar-refractivity contribution in [3.63, 3.8) is 0 Å². The van der Waals surface area contributed by atoms with E-state index in [2.05, 4.69) is 5.32 Å². The molecule has 7 heteroatoms. The van der Waals surface area contributed by atoms with Gasteiger partial charge in [0.25, 0.3) is 5.91 Å². The van der Waals surface area contributed by atoms with Crippen molar-refractivity contribution >= 4 is 34.8 Å². The summed E-state index contributed by atoms with van der Waals surface area (Å²) in [4.78, 5) is 12.0. The van der Waals surface area contributed by atoms with Crippen LogP contribution in [0.5, 0.6) is 17.2 Å². The fourth-order valence-electron chi connectivity index (χ4n) is 1.82. The molecular formula is C16H15Cl2NO4. The lowest BCUT2D eigenvalue weighted by molar-refractivity contribution is -0.118. The van der Waals surface area contributed by atoms with Crippen molar-refractivity contribution in [3.8, 4) is 17.2 Å². The Kier molecular flexibility index (Phi) is 5.96. The van der Waals surface area contributed by atoms with Crippen molar-refractivity contribution in [2.24, 2.45) is 0 Å². The summed E-state index contributed by atoms with van der Waals surface area (Å²) >= 11 is 11.9. The van der Waals surface area contributed by atoms with E-state index in [9.17, 15) is 4.79 Å². The Morgan fingerprint density at radius 1 is 1.09 bits per heavy atom. The smallest absolute Gasteiger partial charge is 0.262 e. The van der Waals surface area contributed by atoms with Gasteiger partial charge in [-0.05, 0) is 12.1 Å². The minimum atomic E-state index is -0.351. The van der Waals surface area contributed by atoms with Crippen LogP contribution in [0.15, 0.2) is 36.4 Å². The Labute approximate surface area is 144 Å². The predicted molar refractivity (Wildman–Crippen MR) is 90.1 cm³/mol. The molecular weight excluding hydrogens is 341 g/mol. The lowest BCUT2D eigenvalue weighted by Gasteiger charge is -2.11. The first-order valence-electron chi connectivity index (χ1n) is 6.63. The van der Waals surface area contributed by atoms with Gasteiger partial charge in [-0.2, -0.15) is 0 Å². The lowest BCUT2D eigenvalue weighted by Crippen LogP contribution is -2.20. The predicted octanol–water partition coefficient (Wildman–Crippen LogP) is 4.03. The minimum Gasteiger partial charge on any atom is -0.497 e. The Balaban J connectivity index is 2.01. The quantitative estimate of drug-likeness (QED) is 0.849. The third-order valence-electron chi connectivity index (χ3n) is 2.91. The van der Waals surface area contributed by atoms with Crippen LogP contribution in [-0.4, -0.2) is 26.7 Å². The number of halogens is 2. The van der Waals surface area contributed by atoms with Crippen LogP contribution >= 0.6 is 23.2 Å². The number of carbonyl (C=O) groups is 1. The zero-order valence-corrected chi connectivity index (χ0v) is 14.1. The van der Waals surface area contributed by atoms with Crippen LogP contribution < -0.4 is 19.5 Å². The van der Waals surface area contributed by atoms with Gasteiger partial charge >= 0.3 is 0 Å². The largest absolute Gasteiger partial charge is 0.497 e. The van der Waals surface area contributed by atoms with E-state index in [1.54, 1.807) is 36.4 Å². The molecule has 0 aliphatic rings. The number of carbonyl (C=O) groups excluding carboxylic acids is 1. The molecule has 122 valence electrons. The number of rotatable bonds is 6. The lowest BCUT2D eigenvalue weighted by atomic mass is 10.2. The van der Waals surface area contributed by atoms with Crippen molar-refractivity contribution in [1.82, 2.24) is 0 Å². The number of hydrogen-bond acceptors (Lipinski definition) is 4. The molecule has 0 aromatic heterocycles. The van der Waals surface area contributed by atoms with Crippen LogP contribution in [0.1, 0.15) is 0 Å². The average molecular weight is 356 g/mol. The highest BCUT2D eigenvalue weighted by atomic mass is 35.5. The molecule has 23 heavy (non-hydrogen) atoms. The van der Waals surface area contributed by atoms with Gasteiger partial charge in [0.1, 0.15) is 22.3 Å². The second-order valence-corrected chi connectivity index (χ2v) is 5.28. The first kappa shape index (κ1) is 17.2. The molecule has 0 fully saturated rings. The van der Waals surface area contributed by atoms with E-state index in [4.69, 9.17) is 37.4 Å². The van der Waals surface area contributed by atoms with Gasteiger partial charge in [0.2, 0.25) is 0 Å². The van der Waals surface area contributed by atoms with E-state index < -0.39 is 0 Å². The number of hydrogen-bond donors (Lipinski definition) is 1. The maximum Gasteiger partial charge on any atom is 0.262 e. The molecule has 0 radical (unpaired) electrons. The van der Waals surface area contributed by atoms with Crippen LogP contribution in [0.2, 0.25) is 10.0 Å². The fourth-order valence-corrected chi connectivity index (χ4v) is 2.16. The van der Waals surface area contributed by atoms with Gasteiger partial charge in [-0.15, -0.1) is 0 Å². The summed E-state index contributed by atoms with van der Waals surface area (Å²) in [7, 11) is 3.06. The second kappa shape index (κ2) is 7.94. The summed E-state index contributed by atoms with van der Waals surface area (Å²) in [6.07, 6.45) is 0. The SMILES string of the molecule is COc1cc(NC(=O)COc2cccc(Cl)c2Cl)cc(OC)c1. The third-order valence-corrected chi connectivity index (χ3v) is 3.71. The van der Waals surface area contributed by atoms with Crippen LogP contribution in [0.4, 0.5) is 5.69 Å². The number of nitrogens with one attached hydrogen (secondary N) is 1. The normalized spacial score (nSPS) is 10.1. The molecule has 0 spiro atoms. The fraction of sp³-hybridized carbons (Fsp3) is 0.188.